The normalized spacial score (nSPS) is 26.2. The second-order valence-electron chi connectivity index (χ2n) is 13.1. The number of hydrogen-bond acceptors (Lipinski definition) is 5. The molecule has 2 fully saturated rings. The minimum Gasteiger partial charge on any atom is -0.390 e. The van der Waals surface area contributed by atoms with Gasteiger partial charge in [-0.25, -0.2) is 10.9 Å². The molecule has 232 valence electrons. The molecule has 8 heteroatoms. The van der Waals surface area contributed by atoms with Crippen molar-refractivity contribution in [2.24, 2.45) is 5.92 Å². The zero-order chi connectivity index (χ0) is 30.6. The molecule has 2 heterocycles. The van der Waals surface area contributed by atoms with E-state index in [2.05, 4.69) is 61.8 Å². The number of nitrogens with zero attached hydrogens (tertiary/aromatic N) is 1. The highest BCUT2D eigenvalue weighted by molar-refractivity contribution is 8.16. The van der Waals surface area contributed by atoms with Crippen LogP contribution in [0.25, 0.3) is 0 Å². The van der Waals surface area contributed by atoms with Crippen LogP contribution in [-0.4, -0.2) is 81.0 Å². The van der Waals surface area contributed by atoms with Crippen LogP contribution >= 0.6 is 10.9 Å². The van der Waals surface area contributed by atoms with Gasteiger partial charge in [0.15, 0.2) is 0 Å². The molecule has 0 saturated carbocycles. The third-order valence-electron chi connectivity index (χ3n) is 9.08. The fourth-order valence-electron chi connectivity index (χ4n) is 6.28. The summed E-state index contributed by atoms with van der Waals surface area (Å²) in [6.07, 6.45) is 3.80. The Kier molecular flexibility index (Phi) is 10.8. The maximum absolute atomic E-state index is 13.0. The summed E-state index contributed by atoms with van der Waals surface area (Å²) in [7, 11) is -0.657. The second-order valence-corrected chi connectivity index (χ2v) is 15.5. The summed E-state index contributed by atoms with van der Waals surface area (Å²) in [4.78, 5) is 27.5. The van der Waals surface area contributed by atoms with Gasteiger partial charge in [0.2, 0.25) is 11.8 Å². The number of benzene rings is 2. The number of aliphatic hydroxyl groups is 3. The van der Waals surface area contributed by atoms with E-state index in [9.17, 15) is 24.9 Å². The monoisotopic (exact) mass is 598 g/mol. The van der Waals surface area contributed by atoms with Crippen molar-refractivity contribution in [1.29, 1.82) is 0 Å². The van der Waals surface area contributed by atoms with E-state index in [0.717, 1.165) is 44.3 Å². The Bertz CT molecular complexity index is 1220. The molecule has 0 aliphatic carbocycles. The lowest BCUT2D eigenvalue weighted by Gasteiger charge is -2.42. The molecule has 0 bridgehead atoms. The lowest BCUT2D eigenvalue weighted by Crippen LogP contribution is -2.57. The highest BCUT2D eigenvalue weighted by Gasteiger charge is 2.40. The highest BCUT2D eigenvalue weighted by atomic mass is 32.2. The molecule has 2 amide bonds. The van der Waals surface area contributed by atoms with Gasteiger partial charge >= 0.3 is 0 Å². The van der Waals surface area contributed by atoms with E-state index < -0.39 is 34.7 Å². The quantitative estimate of drug-likeness (QED) is 0.282. The number of nitrogens with one attached hydrogen (secondary N) is 1. The first-order valence-corrected chi connectivity index (χ1v) is 17.4. The summed E-state index contributed by atoms with van der Waals surface area (Å²) in [5.74, 6) is 1.08. The highest BCUT2D eigenvalue weighted by Crippen LogP contribution is 2.48. The number of likely N-dealkylation sites (tertiary alicyclic amines) is 1. The van der Waals surface area contributed by atoms with E-state index in [-0.39, 0.29) is 17.1 Å². The Morgan fingerprint density at radius 2 is 1.64 bits per heavy atom. The Morgan fingerprint density at radius 3 is 2.31 bits per heavy atom. The fourth-order valence-corrected chi connectivity index (χ4v) is 8.68. The van der Waals surface area contributed by atoms with Crippen molar-refractivity contribution in [3.8, 4) is 0 Å². The topological polar surface area (TPSA) is 110 Å². The molecule has 2 saturated heterocycles. The van der Waals surface area contributed by atoms with Gasteiger partial charge in [-0.05, 0) is 92.9 Å². The number of hydrogen-bond donors (Lipinski definition) is 5. The van der Waals surface area contributed by atoms with Crippen molar-refractivity contribution in [2.45, 2.75) is 95.3 Å². The van der Waals surface area contributed by atoms with Gasteiger partial charge in [-0.1, -0.05) is 49.4 Å². The summed E-state index contributed by atoms with van der Waals surface area (Å²) in [6, 6.07) is 14.8. The third kappa shape index (κ3) is 7.95. The van der Waals surface area contributed by atoms with Crippen molar-refractivity contribution < 1.29 is 24.9 Å². The largest absolute Gasteiger partial charge is 0.390 e. The van der Waals surface area contributed by atoms with Gasteiger partial charge in [0.05, 0.1) is 12.2 Å². The summed E-state index contributed by atoms with van der Waals surface area (Å²) in [5.41, 5.74) is 4.84. The Morgan fingerprint density at radius 1 is 1.00 bits per heavy atom. The molecule has 4 N–H and O–H groups in total. The van der Waals surface area contributed by atoms with Gasteiger partial charge in [-0.15, -0.1) is 0 Å². The maximum atomic E-state index is 13.0. The molecule has 4 rings (SSSR count). The number of carbonyl (C=O) groups excluding carboxylic acids is 2. The number of piperidine rings is 1. The molecule has 1 unspecified atom stereocenters. The smallest absolute Gasteiger partial charge is 0.247 e. The first-order chi connectivity index (χ1) is 19.9. The van der Waals surface area contributed by atoms with Crippen molar-refractivity contribution in [1.82, 2.24) is 10.2 Å². The first kappa shape index (κ1) is 32.5. The predicted molar refractivity (Wildman–Crippen MR) is 171 cm³/mol. The molecule has 7 nitrogen and oxygen atoms in total. The van der Waals surface area contributed by atoms with Gasteiger partial charge in [0, 0.05) is 30.5 Å². The summed E-state index contributed by atoms with van der Waals surface area (Å²) in [6.45, 7) is 9.43. The van der Waals surface area contributed by atoms with E-state index in [0.29, 0.717) is 24.5 Å². The molecule has 0 radical (unpaired) electrons. The summed E-state index contributed by atoms with van der Waals surface area (Å²) in [5, 5.41) is 33.9. The van der Waals surface area contributed by atoms with Crippen LogP contribution in [0.15, 0.2) is 42.5 Å². The molecule has 0 spiro atoms. The Balaban J connectivity index is 1.28. The third-order valence-corrected chi connectivity index (χ3v) is 11.6. The van der Waals surface area contributed by atoms with Gasteiger partial charge in [-0.3, -0.25) is 9.59 Å². The summed E-state index contributed by atoms with van der Waals surface area (Å²) >= 11 is 0. The molecular formula is C34H50N2O5S. The molecule has 2 aromatic rings. The number of aryl methyl sites for hydroxylation is 2. The standard InChI is InChI=1S/C34H50N2O5S/c1-22-15-17-36(18-16-22)33(41)34(3,4)35-29(38)8-6-7-24-10-12-25(13-11-24)19-27-20-26(14-9-23(27)2)32-31(40)30(39)28(37)21-42(32)5/h9-14,20,22,28,30-32,37,39-40,42H,6-8,15-19,21H2,1-5H3,(H,35,38)/t28-,30-,31-,32+/m1/s1. The van der Waals surface area contributed by atoms with Gasteiger partial charge in [0.1, 0.15) is 11.6 Å². The van der Waals surface area contributed by atoms with Crippen molar-refractivity contribution in [3.05, 3.63) is 70.3 Å². The fraction of sp³-hybridized carbons (Fsp3) is 0.588. The van der Waals surface area contributed by atoms with Crippen LogP contribution in [0.1, 0.15) is 79.5 Å². The number of thiol groups is 1. The van der Waals surface area contributed by atoms with Crippen LogP contribution in [0, 0.1) is 12.8 Å². The van der Waals surface area contributed by atoms with Crippen LogP contribution in [0.2, 0.25) is 0 Å². The van der Waals surface area contributed by atoms with E-state index in [4.69, 9.17) is 0 Å². The van der Waals surface area contributed by atoms with Crippen molar-refractivity contribution >= 4 is 22.7 Å². The molecule has 0 aromatic heterocycles. The molecule has 2 aromatic carbocycles. The molecule has 42 heavy (non-hydrogen) atoms. The zero-order valence-corrected chi connectivity index (χ0v) is 26.7. The van der Waals surface area contributed by atoms with Gasteiger partial charge < -0.3 is 25.5 Å². The van der Waals surface area contributed by atoms with Crippen LogP contribution < -0.4 is 5.32 Å². The molecule has 5 atom stereocenters. The summed E-state index contributed by atoms with van der Waals surface area (Å²) < 4.78 is 0. The Labute approximate surface area is 254 Å². The maximum Gasteiger partial charge on any atom is 0.247 e. The average molecular weight is 599 g/mol. The van der Waals surface area contributed by atoms with Crippen molar-refractivity contribution in [3.63, 3.8) is 0 Å². The van der Waals surface area contributed by atoms with E-state index in [1.807, 2.05) is 11.0 Å². The SMILES string of the molecule is Cc1ccc([C@H]2[C@H](O)[C@H](O)[C@H](O)C[SH]2C)cc1Cc1ccc(CCCC(=O)NC(C)(C)C(=O)N2CCC(C)CC2)cc1. The van der Waals surface area contributed by atoms with E-state index >= 15 is 0 Å². The zero-order valence-electron chi connectivity index (χ0n) is 25.8. The molecule has 2 aliphatic heterocycles. The number of amides is 2. The van der Waals surface area contributed by atoms with Crippen LogP contribution in [0.4, 0.5) is 0 Å². The number of rotatable bonds is 9. The van der Waals surface area contributed by atoms with Crippen molar-refractivity contribution in [2.75, 3.05) is 25.1 Å². The minimum atomic E-state index is -1.12. The number of aliphatic hydroxyl groups excluding tert-OH is 3. The molecular weight excluding hydrogens is 548 g/mol. The van der Waals surface area contributed by atoms with E-state index in [1.165, 1.54) is 22.3 Å². The minimum absolute atomic E-state index is 0.000836. The molecule has 2 aliphatic rings. The van der Waals surface area contributed by atoms with Gasteiger partial charge in [-0.2, -0.15) is 0 Å². The second kappa shape index (κ2) is 13.9. The van der Waals surface area contributed by atoms with Crippen LogP contribution in [0.3, 0.4) is 0 Å². The van der Waals surface area contributed by atoms with Gasteiger partial charge in [0.25, 0.3) is 0 Å². The average Bonchev–Trinajstić information content (AvgIpc) is 2.94. The lowest BCUT2D eigenvalue weighted by atomic mass is 9.93. The predicted octanol–water partition coefficient (Wildman–Crippen LogP) is 3.83. The Hall–Kier alpha value is -2.39. The van der Waals surface area contributed by atoms with Crippen LogP contribution in [0.5, 0.6) is 0 Å². The number of carbonyl (C=O) groups is 2. The lowest BCUT2D eigenvalue weighted by molar-refractivity contribution is -0.141. The van der Waals surface area contributed by atoms with Crippen LogP contribution in [-0.2, 0) is 22.4 Å². The van der Waals surface area contributed by atoms with E-state index in [1.54, 1.807) is 13.8 Å². The first-order valence-electron chi connectivity index (χ1n) is 15.4.